The van der Waals surface area contributed by atoms with Gasteiger partial charge >= 0.3 is 0 Å². The summed E-state index contributed by atoms with van der Waals surface area (Å²) in [5.41, 5.74) is 2.47. The average Bonchev–Trinajstić information content (AvgIpc) is 3.36. The molecule has 1 atom stereocenters. The first-order valence-electron chi connectivity index (χ1n) is 10.9. The highest BCUT2D eigenvalue weighted by atomic mass is 16.5. The minimum atomic E-state index is 0.153. The molecule has 2 aromatic rings. The minimum absolute atomic E-state index is 0.153. The van der Waals surface area contributed by atoms with E-state index in [9.17, 15) is 4.79 Å². The predicted octanol–water partition coefficient (Wildman–Crippen LogP) is 3.14. The van der Waals surface area contributed by atoms with Gasteiger partial charge in [0.1, 0.15) is 0 Å². The van der Waals surface area contributed by atoms with Gasteiger partial charge in [-0.05, 0) is 50.6 Å². The number of carbonyl (C=O) groups is 1. The van der Waals surface area contributed by atoms with E-state index in [4.69, 9.17) is 9.51 Å². The zero-order valence-corrected chi connectivity index (χ0v) is 17.4. The monoisotopic (exact) mass is 394 g/mol. The molecular weight excluding hydrogens is 364 g/mol. The molecule has 1 aromatic carbocycles. The Balaban J connectivity index is 1.25. The SMILES string of the molecule is Cc1ccc(CC(=O)N2CCC3(CC2)CN(C)C[C@@H]3c2noc(C3CC3)n2)cc1. The largest absolute Gasteiger partial charge is 0.342 e. The molecular formula is C23H30N4O2. The highest BCUT2D eigenvalue weighted by molar-refractivity contribution is 5.78. The van der Waals surface area contributed by atoms with Crippen molar-refractivity contribution in [3.63, 3.8) is 0 Å². The molecule has 5 rings (SSSR count). The standard InChI is InChI=1S/C23H30N4O2/c1-16-3-5-17(6-4-16)13-20(28)27-11-9-23(10-12-27)15-26(2)14-19(23)21-24-22(29-25-21)18-7-8-18/h3-6,18-19H,7-15H2,1-2H3/t19-/m1/s1. The van der Waals surface area contributed by atoms with Crippen molar-refractivity contribution in [3.8, 4) is 0 Å². The predicted molar refractivity (Wildman–Crippen MR) is 110 cm³/mol. The van der Waals surface area contributed by atoms with E-state index in [1.165, 1.54) is 18.4 Å². The second-order valence-corrected chi connectivity index (χ2v) is 9.42. The Morgan fingerprint density at radius 2 is 1.93 bits per heavy atom. The lowest BCUT2D eigenvalue weighted by Gasteiger charge is -2.42. The molecule has 3 fully saturated rings. The summed E-state index contributed by atoms with van der Waals surface area (Å²) in [5.74, 6) is 2.75. The van der Waals surface area contributed by atoms with E-state index < -0.39 is 0 Å². The van der Waals surface area contributed by atoms with Crippen LogP contribution in [0.2, 0.25) is 0 Å². The van der Waals surface area contributed by atoms with Crippen molar-refractivity contribution in [2.45, 2.75) is 50.9 Å². The average molecular weight is 395 g/mol. The smallest absolute Gasteiger partial charge is 0.229 e. The van der Waals surface area contributed by atoms with Crippen LogP contribution in [0.15, 0.2) is 28.8 Å². The fourth-order valence-electron chi connectivity index (χ4n) is 5.16. The molecule has 1 amide bonds. The normalized spacial score (nSPS) is 24.3. The van der Waals surface area contributed by atoms with E-state index in [0.717, 1.165) is 56.3 Å². The van der Waals surface area contributed by atoms with Gasteiger partial charge in [0.25, 0.3) is 0 Å². The molecule has 0 bridgehead atoms. The molecule has 3 heterocycles. The van der Waals surface area contributed by atoms with Crippen molar-refractivity contribution in [1.29, 1.82) is 0 Å². The third-order valence-electron chi connectivity index (χ3n) is 7.10. The van der Waals surface area contributed by atoms with Crippen LogP contribution in [-0.4, -0.2) is 59.1 Å². The van der Waals surface area contributed by atoms with Crippen molar-refractivity contribution in [3.05, 3.63) is 47.1 Å². The number of likely N-dealkylation sites (tertiary alicyclic amines) is 2. The third-order valence-corrected chi connectivity index (χ3v) is 7.10. The number of carbonyl (C=O) groups excluding carboxylic acids is 1. The first-order chi connectivity index (χ1) is 14.0. The number of aryl methyl sites for hydroxylation is 1. The molecule has 154 valence electrons. The number of likely N-dealkylation sites (N-methyl/N-ethyl adjacent to an activating group) is 1. The van der Waals surface area contributed by atoms with Gasteiger partial charge in [-0.25, -0.2) is 0 Å². The number of benzene rings is 1. The summed E-state index contributed by atoms with van der Waals surface area (Å²) in [4.78, 5) is 22.0. The molecule has 2 saturated heterocycles. The van der Waals surface area contributed by atoms with Crippen molar-refractivity contribution >= 4 is 5.91 Å². The summed E-state index contributed by atoms with van der Waals surface area (Å²) in [6.45, 7) is 5.73. The summed E-state index contributed by atoms with van der Waals surface area (Å²) in [5, 5.41) is 4.37. The maximum atomic E-state index is 12.8. The van der Waals surface area contributed by atoms with Gasteiger partial charge in [-0.2, -0.15) is 4.98 Å². The van der Waals surface area contributed by atoms with Gasteiger partial charge in [-0.3, -0.25) is 4.79 Å². The van der Waals surface area contributed by atoms with Crippen molar-refractivity contribution in [1.82, 2.24) is 19.9 Å². The van der Waals surface area contributed by atoms with E-state index in [2.05, 4.69) is 48.3 Å². The number of nitrogens with zero attached hydrogens (tertiary/aromatic N) is 4. The van der Waals surface area contributed by atoms with Gasteiger partial charge in [0, 0.05) is 38.0 Å². The number of piperidine rings is 1. The molecule has 1 saturated carbocycles. The Morgan fingerprint density at radius 1 is 1.21 bits per heavy atom. The number of amides is 1. The molecule has 1 spiro atoms. The van der Waals surface area contributed by atoms with Gasteiger partial charge in [0.2, 0.25) is 11.8 Å². The molecule has 6 nitrogen and oxygen atoms in total. The van der Waals surface area contributed by atoms with Gasteiger partial charge in [-0.15, -0.1) is 0 Å². The molecule has 1 aromatic heterocycles. The number of rotatable bonds is 4. The van der Waals surface area contributed by atoms with E-state index >= 15 is 0 Å². The molecule has 6 heteroatoms. The van der Waals surface area contributed by atoms with E-state index in [1.807, 2.05) is 4.90 Å². The molecule has 2 aliphatic heterocycles. The summed E-state index contributed by atoms with van der Waals surface area (Å²) in [7, 11) is 2.18. The van der Waals surface area contributed by atoms with Gasteiger partial charge in [-0.1, -0.05) is 35.0 Å². The van der Waals surface area contributed by atoms with Gasteiger partial charge in [0.15, 0.2) is 5.82 Å². The molecule has 1 aliphatic carbocycles. The topological polar surface area (TPSA) is 62.5 Å². The van der Waals surface area contributed by atoms with Crippen molar-refractivity contribution in [2.24, 2.45) is 5.41 Å². The lowest BCUT2D eigenvalue weighted by atomic mass is 9.70. The summed E-state index contributed by atoms with van der Waals surface area (Å²) in [6, 6.07) is 8.28. The zero-order valence-electron chi connectivity index (χ0n) is 17.4. The Bertz CT molecular complexity index is 879. The van der Waals surface area contributed by atoms with E-state index in [0.29, 0.717) is 18.3 Å². The van der Waals surface area contributed by atoms with Gasteiger partial charge in [0.05, 0.1) is 6.42 Å². The van der Waals surface area contributed by atoms with Crippen LogP contribution in [0.1, 0.15) is 60.4 Å². The molecule has 0 radical (unpaired) electrons. The highest BCUT2D eigenvalue weighted by Crippen LogP contribution is 2.49. The summed E-state index contributed by atoms with van der Waals surface area (Å²) in [6.07, 6.45) is 4.86. The van der Waals surface area contributed by atoms with Crippen LogP contribution in [0.5, 0.6) is 0 Å². The molecule has 29 heavy (non-hydrogen) atoms. The van der Waals surface area contributed by atoms with Crippen molar-refractivity contribution < 1.29 is 9.32 Å². The maximum Gasteiger partial charge on any atom is 0.229 e. The quantitative estimate of drug-likeness (QED) is 0.797. The lowest BCUT2D eigenvalue weighted by molar-refractivity contribution is -0.132. The van der Waals surface area contributed by atoms with Crippen LogP contribution in [0.25, 0.3) is 0 Å². The molecule has 3 aliphatic rings. The fourth-order valence-corrected chi connectivity index (χ4v) is 5.16. The number of hydrogen-bond acceptors (Lipinski definition) is 5. The third kappa shape index (κ3) is 3.70. The Morgan fingerprint density at radius 3 is 2.62 bits per heavy atom. The maximum absolute atomic E-state index is 12.8. The summed E-state index contributed by atoms with van der Waals surface area (Å²) < 4.78 is 5.56. The number of hydrogen-bond donors (Lipinski definition) is 0. The number of aromatic nitrogens is 2. The first-order valence-corrected chi connectivity index (χ1v) is 10.9. The molecule has 0 unspecified atom stereocenters. The van der Waals surface area contributed by atoms with Crippen molar-refractivity contribution in [2.75, 3.05) is 33.2 Å². The summed E-state index contributed by atoms with van der Waals surface area (Å²) >= 11 is 0. The minimum Gasteiger partial charge on any atom is -0.342 e. The highest BCUT2D eigenvalue weighted by Gasteiger charge is 2.50. The van der Waals surface area contributed by atoms with Crippen LogP contribution in [0.4, 0.5) is 0 Å². The van der Waals surface area contributed by atoms with Crippen LogP contribution in [0, 0.1) is 12.3 Å². The van der Waals surface area contributed by atoms with E-state index in [1.54, 1.807) is 0 Å². The fraction of sp³-hybridized carbons (Fsp3) is 0.609. The zero-order chi connectivity index (χ0) is 20.0. The van der Waals surface area contributed by atoms with Gasteiger partial charge < -0.3 is 14.3 Å². The van der Waals surface area contributed by atoms with Crippen LogP contribution >= 0.6 is 0 Å². The second kappa shape index (κ2) is 7.24. The Labute approximate surface area is 172 Å². The molecule has 0 N–H and O–H groups in total. The lowest BCUT2D eigenvalue weighted by Crippen LogP contribution is -2.46. The second-order valence-electron chi connectivity index (χ2n) is 9.42. The Kier molecular flexibility index (Phi) is 4.69. The van der Waals surface area contributed by atoms with Crippen LogP contribution < -0.4 is 0 Å². The first kappa shape index (κ1) is 18.8. The Hall–Kier alpha value is -2.21. The van der Waals surface area contributed by atoms with Crippen LogP contribution in [0.3, 0.4) is 0 Å². The van der Waals surface area contributed by atoms with Crippen LogP contribution in [-0.2, 0) is 11.2 Å². The van der Waals surface area contributed by atoms with E-state index in [-0.39, 0.29) is 11.3 Å².